The fourth-order valence-electron chi connectivity index (χ4n) is 4.59. The van der Waals surface area contributed by atoms with Crippen molar-refractivity contribution in [2.24, 2.45) is 0 Å². The lowest BCUT2D eigenvalue weighted by Gasteiger charge is -2.27. The highest BCUT2D eigenvalue weighted by Gasteiger charge is 2.27. The van der Waals surface area contributed by atoms with Gasteiger partial charge in [-0.1, -0.05) is 6.92 Å². The number of benzene rings is 2. The molecule has 3 aromatic rings. The lowest BCUT2D eigenvalue weighted by Crippen LogP contribution is -2.29. The summed E-state index contributed by atoms with van der Waals surface area (Å²) in [5.74, 6) is 2.36. The Morgan fingerprint density at radius 1 is 0.969 bits per heavy atom. The molecule has 2 aromatic carbocycles. The van der Waals surface area contributed by atoms with Gasteiger partial charge >= 0.3 is 0 Å². The highest BCUT2D eigenvalue weighted by molar-refractivity contribution is 5.96. The van der Waals surface area contributed by atoms with Gasteiger partial charge in [-0.05, 0) is 60.2 Å². The molecule has 0 spiro atoms. The Kier molecular flexibility index (Phi) is 6.28. The van der Waals surface area contributed by atoms with Crippen molar-refractivity contribution in [3.63, 3.8) is 0 Å². The molecule has 0 aliphatic carbocycles. The third-order valence-electron chi connectivity index (χ3n) is 6.08. The molecule has 1 N–H and O–H groups in total. The van der Waals surface area contributed by atoms with Gasteiger partial charge in [-0.15, -0.1) is 0 Å². The third kappa shape index (κ3) is 3.46. The van der Waals surface area contributed by atoms with E-state index in [0.717, 1.165) is 47.2 Å². The van der Waals surface area contributed by atoms with Crippen molar-refractivity contribution in [2.45, 2.75) is 32.9 Å². The van der Waals surface area contributed by atoms with Crippen LogP contribution in [0.25, 0.3) is 22.0 Å². The number of methoxy groups -OCH3 is 4. The summed E-state index contributed by atoms with van der Waals surface area (Å²) in [6.45, 7) is 4.22. The molecule has 1 aliphatic heterocycles. The monoisotopic (exact) mass is 438 g/mol. The molecule has 0 amide bonds. The van der Waals surface area contributed by atoms with Crippen molar-refractivity contribution in [1.82, 2.24) is 9.88 Å². The van der Waals surface area contributed by atoms with Gasteiger partial charge < -0.3 is 28.8 Å². The number of hydrogen-bond donors (Lipinski definition) is 1. The highest BCUT2D eigenvalue weighted by Crippen LogP contribution is 2.43. The molecule has 4 rings (SSSR count). The summed E-state index contributed by atoms with van der Waals surface area (Å²) in [5.41, 5.74) is 4.03. The molecule has 7 nitrogen and oxygen atoms in total. The normalized spacial score (nSPS) is 12.3. The van der Waals surface area contributed by atoms with Crippen LogP contribution >= 0.6 is 0 Å². The summed E-state index contributed by atoms with van der Waals surface area (Å²) in [4.78, 5) is 13.7. The molecular formula is C25H30N2O5. The maximum Gasteiger partial charge on any atom is 0.262 e. The number of ether oxygens (including phenoxy) is 4. The molecule has 32 heavy (non-hydrogen) atoms. The van der Waals surface area contributed by atoms with E-state index in [2.05, 4.69) is 12.2 Å². The molecule has 0 unspecified atom stereocenters. The second-order valence-corrected chi connectivity index (χ2v) is 7.80. The van der Waals surface area contributed by atoms with E-state index in [9.17, 15) is 4.79 Å². The highest BCUT2D eigenvalue weighted by atomic mass is 16.5. The first-order valence-corrected chi connectivity index (χ1v) is 10.9. The fraction of sp³-hybridized carbons (Fsp3) is 0.400. The Balaban J connectivity index is 2.09. The first kappa shape index (κ1) is 22.0. The largest absolute Gasteiger partial charge is 0.493 e. The molecule has 1 aromatic heterocycles. The van der Waals surface area contributed by atoms with Gasteiger partial charge in [0.05, 0.1) is 39.5 Å². The number of hydrogen-bond acceptors (Lipinski definition) is 6. The predicted molar refractivity (Wildman–Crippen MR) is 126 cm³/mol. The minimum Gasteiger partial charge on any atom is -0.493 e. The Morgan fingerprint density at radius 3 is 2.34 bits per heavy atom. The quantitative estimate of drug-likeness (QED) is 0.540. The van der Waals surface area contributed by atoms with Crippen LogP contribution < -0.4 is 29.8 Å². The van der Waals surface area contributed by atoms with Crippen molar-refractivity contribution in [1.29, 1.82) is 0 Å². The van der Waals surface area contributed by atoms with Crippen LogP contribution in [0.15, 0.2) is 29.1 Å². The van der Waals surface area contributed by atoms with Crippen LogP contribution in [0.1, 0.15) is 24.5 Å². The molecule has 0 saturated heterocycles. The van der Waals surface area contributed by atoms with Gasteiger partial charge in [-0.3, -0.25) is 4.79 Å². The van der Waals surface area contributed by atoms with Gasteiger partial charge in [-0.2, -0.15) is 0 Å². The van der Waals surface area contributed by atoms with Gasteiger partial charge in [0.2, 0.25) is 0 Å². The number of nitrogens with zero attached hydrogens (tertiary/aromatic N) is 1. The molecule has 0 atom stereocenters. The Labute approximate surface area is 187 Å². The van der Waals surface area contributed by atoms with E-state index < -0.39 is 0 Å². The lowest BCUT2D eigenvalue weighted by atomic mass is 9.91. The molecular weight excluding hydrogens is 408 g/mol. The van der Waals surface area contributed by atoms with E-state index in [4.69, 9.17) is 18.9 Å². The number of aromatic nitrogens is 1. The summed E-state index contributed by atoms with van der Waals surface area (Å²) in [5, 5.41) is 4.93. The Morgan fingerprint density at radius 2 is 1.69 bits per heavy atom. The molecule has 2 heterocycles. The Hall–Kier alpha value is -3.19. The van der Waals surface area contributed by atoms with Crippen LogP contribution in [0.4, 0.5) is 0 Å². The number of rotatable bonds is 8. The molecule has 0 bridgehead atoms. The van der Waals surface area contributed by atoms with E-state index in [0.29, 0.717) is 41.5 Å². The van der Waals surface area contributed by atoms with Crippen molar-refractivity contribution in [2.75, 3.05) is 35.0 Å². The van der Waals surface area contributed by atoms with Crippen LogP contribution in [0.3, 0.4) is 0 Å². The number of fused-ring (bicyclic) bond motifs is 4. The topological polar surface area (TPSA) is 71.0 Å². The first-order valence-electron chi connectivity index (χ1n) is 10.9. The average Bonchev–Trinajstić information content (AvgIpc) is 2.83. The summed E-state index contributed by atoms with van der Waals surface area (Å²) in [6.07, 6.45) is 1.74. The SMILES string of the molecule is CCCNCc1c2n(c(=O)c3c(OC)c(OC)ccc13)CCc1cc(OC)c(OC)cc1-2. The molecule has 0 saturated carbocycles. The fourth-order valence-corrected chi connectivity index (χ4v) is 4.59. The molecule has 7 heteroatoms. The maximum absolute atomic E-state index is 13.7. The second-order valence-electron chi connectivity index (χ2n) is 7.80. The average molecular weight is 439 g/mol. The van der Waals surface area contributed by atoms with Crippen LogP contribution in [0.2, 0.25) is 0 Å². The summed E-state index contributed by atoms with van der Waals surface area (Å²) < 4.78 is 24.1. The van der Waals surface area contributed by atoms with Crippen LogP contribution in [-0.4, -0.2) is 39.6 Å². The smallest absolute Gasteiger partial charge is 0.262 e. The number of aryl methyl sites for hydroxylation is 1. The van der Waals surface area contributed by atoms with Gasteiger partial charge in [-0.25, -0.2) is 0 Å². The van der Waals surface area contributed by atoms with E-state index in [-0.39, 0.29) is 5.56 Å². The molecule has 170 valence electrons. The summed E-state index contributed by atoms with van der Waals surface area (Å²) in [7, 11) is 6.42. The zero-order chi connectivity index (χ0) is 22.8. The summed E-state index contributed by atoms with van der Waals surface area (Å²) in [6, 6.07) is 7.81. The van der Waals surface area contributed by atoms with Crippen molar-refractivity contribution in [3.8, 4) is 34.3 Å². The van der Waals surface area contributed by atoms with Gasteiger partial charge in [0.1, 0.15) is 0 Å². The van der Waals surface area contributed by atoms with Gasteiger partial charge in [0.25, 0.3) is 5.56 Å². The zero-order valence-corrected chi connectivity index (χ0v) is 19.3. The van der Waals surface area contributed by atoms with Crippen LogP contribution in [0.5, 0.6) is 23.0 Å². The van der Waals surface area contributed by atoms with E-state index >= 15 is 0 Å². The van der Waals surface area contributed by atoms with Crippen molar-refractivity contribution in [3.05, 3.63) is 45.7 Å². The minimum absolute atomic E-state index is 0.0783. The van der Waals surface area contributed by atoms with Gasteiger partial charge in [0.15, 0.2) is 23.0 Å². The predicted octanol–water partition coefficient (Wildman–Crippen LogP) is 3.76. The second kappa shape index (κ2) is 9.12. The minimum atomic E-state index is -0.0783. The standard InChI is InChI=1S/C25H30N2O5/c1-6-10-26-14-18-16-7-8-19(29-2)24(32-5)22(16)25(28)27-11-9-15-12-20(30-3)21(31-4)13-17(15)23(18)27/h7-8,12-13,26H,6,9-11,14H2,1-5H3. The van der Waals surface area contributed by atoms with E-state index in [1.807, 2.05) is 28.8 Å². The lowest BCUT2D eigenvalue weighted by molar-refractivity contribution is 0.354. The van der Waals surface area contributed by atoms with Crippen LogP contribution in [-0.2, 0) is 19.5 Å². The summed E-state index contributed by atoms with van der Waals surface area (Å²) >= 11 is 0. The zero-order valence-electron chi connectivity index (χ0n) is 19.3. The van der Waals surface area contributed by atoms with Crippen molar-refractivity contribution < 1.29 is 18.9 Å². The number of nitrogens with one attached hydrogen (secondary N) is 1. The van der Waals surface area contributed by atoms with Crippen LogP contribution in [0, 0.1) is 0 Å². The molecule has 0 fully saturated rings. The molecule has 0 radical (unpaired) electrons. The number of pyridine rings is 1. The van der Waals surface area contributed by atoms with Crippen molar-refractivity contribution >= 4 is 10.8 Å². The third-order valence-corrected chi connectivity index (χ3v) is 6.08. The molecule has 1 aliphatic rings. The van der Waals surface area contributed by atoms with E-state index in [1.165, 1.54) is 0 Å². The Bertz CT molecular complexity index is 1220. The first-order chi connectivity index (χ1) is 15.6. The maximum atomic E-state index is 13.7. The van der Waals surface area contributed by atoms with E-state index in [1.54, 1.807) is 28.4 Å². The van der Waals surface area contributed by atoms with Gasteiger partial charge in [0, 0.05) is 18.7 Å².